The van der Waals surface area contributed by atoms with Crippen LogP contribution in [0.2, 0.25) is 0 Å². The van der Waals surface area contributed by atoms with Crippen molar-refractivity contribution in [1.82, 2.24) is 5.32 Å². The second kappa shape index (κ2) is 8.50. The van der Waals surface area contributed by atoms with Crippen LogP contribution in [0.1, 0.15) is 19.4 Å². The smallest absolute Gasteiger partial charge is 0.310 e. The Balaban J connectivity index is 0.000000423. The van der Waals surface area contributed by atoms with Gasteiger partial charge in [0.2, 0.25) is 0 Å². The molecule has 1 aromatic carbocycles. The molecule has 0 unspecified atom stereocenters. The monoisotopic (exact) mass is 230 g/mol. The van der Waals surface area contributed by atoms with E-state index in [9.17, 15) is 0 Å². The van der Waals surface area contributed by atoms with E-state index in [1.165, 1.54) is 5.56 Å². The zero-order valence-corrected chi connectivity index (χ0v) is 9.82. The van der Waals surface area contributed by atoms with Gasteiger partial charge in [0, 0.05) is 17.2 Å². The fourth-order valence-electron chi connectivity index (χ4n) is 0.918. The van der Waals surface area contributed by atoms with Crippen LogP contribution in [0, 0.1) is 0 Å². The van der Waals surface area contributed by atoms with Crippen molar-refractivity contribution in [3.63, 3.8) is 0 Å². The molecule has 1 aromatic rings. The molecule has 5 heteroatoms. The first kappa shape index (κ1) is 14.2. The molecule has 0 atom stereocenters. The summed E-state index contributed by atoms with van der Waals surface area (Å²) in [5.74, 6) is 0. The molecule has 0 aromatic heterocycles. The predicted molar refractivity (Wildman–Crippen MR) is 60.5 cm³/mol. The molecule has 1 rings (SSSR count). The number of benzene rings is 1. The first-order chi connectivity index (χ1) is 7.02. The average Bonchev–Trinajstić information content (AvgIpc) is 2.15. The first-order valence-electron chi connectivity index (χ1n) is 4.64. The van der Waals surface area contributed by atoms with Crippen LogP contribution < -0.4 is 5.32 Å². The highest BCUT2D eigenvalue weighted by Gasteiger charge is 1.93. The fourth-order valence-corrected chi connectivity index (χ4v) is 0.918. The predicted octanol–water partition coefficient (Wildman–Crippen LogP) is 1.81. The summed E-state index contributed by atoms with van der Waals surface area (Å²) in [6.45, 7) is 5.28. The van der Waals surface area contributed by atoms with Crippen molar-refractivity contribution in [2.75, 3.05) is 0 Å². The van der Waals surface area contributed by atoms with Crippen LogP contribution in [0.25, 0.3) is 0 Å². The van der Waals surface area contributed by atoms with E-state index in [0.717, 1.165) is 6.54 Å². The number of hydrogen-bond donors (Lipinski definition) is 3. The third-order valence-corrected chi connectivity index (χ3v) is 1.56. The van der Waals surface area contributed by atoms with Crippen molar-refractivity contribution in [1.29, 1.82) is 0 Å². The summed E-state index contributed by atoms with van der Waals surface area (Å²) >= 11 is 0. The molecular weight excluding hydrogens is 213 g/mol. The molecule has 0 heterocycles. The zero-order valence-electron chi connectivity index (χ0n) is 8.92. The molecule has 84 valence electrons. The molecule has 0 bridgehead atoms. The van der Waals surface area contributed by atoms with Crippen LogP contribution in [0.15, 0.2) is 30.3 Å². The minimum absolute atomic E-state index is 0.565. The summed E-state index contributed by atoms with van der Waals surface area (Å²) in [5.41, 5.74) is 1.35. The van der Waals surface area contributed by atoms with E-state index in [1.54, 1.807) is 0 Å². The molecule has 0 fully saturated rings. The second-order valence-corrected chi connectivity index (χ2v) is 3.78. The lowest BCUT2D eigenvalue weighted by Gasteiger charge is -2.06. The van der Waals surface area contributed by atoms with Crippen molar-refractivity contribution in [2.45, 2.75) is 26.4 Å². The highest BCUT2D eigenvalue weighted by Crippen LogP contribution is 1.98. The topological polar surface area (TPSA) is 69.6 Å². The van der Waals surface area contributed by atoms with Crippen LogP contribution >= 0.6 is 8.25 Å². The standard InChI is InChI=1S/C10H15N.HO3P/c1-9(2)11-8-10-6-4-3-5-7-10;1-4(2)3/h3-7,9,11H,8H2,1-2H3;(H-,1,2,3)/p+1. The lowest BCUT2D eigenvalue weighted by atomic mass is 10.2. The Hall–Kier alpha value is -0.800. The fraction of sp³-hybridized carbons (Fsp3) is 0.400. The molecule has 0 saturated carbocycles. The number of rotatable bonds is 3. The van der Waals surface area contributed by atoms with Gasteiger partial charge in [0.1, 0.15) is 0 Å². The van der Waals surface area contributed by atoms with Gasteiger partial charge in [0.05, 0.1) is 0 Å². The Morgan fingerprint density at radius 2 is 1.73 bits per heavy atom. The minimum Gasteiger partial charge on any atom is -0.310 e. The Morgan fingerprint density at radius 1 is 1.27 bits per heavy atom. The normalized spacial score (nSPS) is 9.40. The molecule has 3 N–H and O–H groups in total. The third-order valence-electron chi connectivity index (χ3n) is 1.56. The van der Waals surface area contributed by atoms with E-state index in [4.69, 9.17) is 14.4 Å². The van der Waals surface area contributed by atoms with E-state index >= 15 is 0 Å². The summed E-state index contributed by atoms with van der Waals surface area (Å²) < 4.78 is 8.70. The van der Waals surface area contributed by atoms with Gasteiger partial charge in [0.15, 0.2) is 0 Å². The van der Waals surface area contributed by atoms with Gasteiger partial charge in [-0.3, -0.25) is 0 Å². The molecule has 0 saturated heterocycles. The molecule has 0 aliphatic carbocycles. The maximum Gasteiger partial charge on any atom is 0.692 e. The minimum atomic E-state index is -2.87. The Labute approximate surface area is 90.9 Å². The van der Waals surface area contributed by atoms with E-state index in [-0.39, 0.29) is 0 Å². The van der Waals surface area contributed by atoms with E-state index in [2.05, 4.69) is 43.4 Å². The quantitative estimate of drug-likeness (QED) is 0.693. The lowest BCUT2D eigenvalue weighted by molar-refractivity contribution is 0.405. The van der Waals surface area contributed by atoms with E-state index < -0.39 is 8.25 Å². The number of hydrogen-bond acceptors (Lipinski definition) is 2. The van der Waals surface area contributed by atoms with Crippen LogP contribution in [-0.2, 0) is 11.1 Å². The Kier molecular flexibility index (Phi) is 8.05. The van der Waals surface area contributed by atoms with Gasteiger partial charge in [-0.1, -0.05) is 44.2 Å². The summed E-state index contributed by atoms with van der Waals surface area (Å²) in [6, 6.07) is 11.0. The van der Waals surface area contributed by atoms with Gasteiger partial charge in [-0.2, -0.15) is 0 Å². The first-order valence-corrected chi connectivity index (χ1v) is 5.81. The summed E-state index contributed by atoms with van der Waals surface area (Å²) in [5, 5.41) is 3.36. The van der Waals surface area contributed by atoms with Crippen LogP contribution in [0.5, 0.6) is 0 Å². The second-order valence-electron chi connectivity index (χ2n) is 3.27. The van der Waals surface area contributed by atoms with Gasteiger partial charge in [-0.25, -0.2) is 0 Å². The molecule has 0 amide bonds. The Morgan fingerprint density at radius 3 is 2.13 bits per heavy atom. The van der Waals surface area contributed by atoms with Gasteiger partial charge in [-0.05, 0) is 5.56 Å². The molecule has 0 spiro atoms. The van der Waals surface area contributed by atoms with Gasteiger partial charge in [0.25, 0.3) is 0 Å². The maximum absolute atomic E-state index is 8.70. The number of nitrogens with one attached hydrogen (secondary N) is 1. The van der Waals surface area contributed by atoms with Gasteiger partial charge in [-0.15, -0.1) is 9.79 Å². The van der Waals surface area contributed by atoms with Crippen LogP contribution in [-0.4, -0.2) is 15.8 Å². The largest absolute Gasteiger partial charge is 0.692 e. The van der Waals surface area contributed by atoms with E-state index in [1.807, 2.05) is 6.07 Å². The third kappa shape index (κ3) is 11.1. The SMILES string of the molecule is CC(C)NCc1ccccc1.O=[P+](O)O. The van der Waals surface area contributed by atoms with Gasteiger partial charge < -0.3 is 5.32 Å². The van der Waals surface area contributed by atoms with E-state index in [0.29, 0.717) is 6.04 Å². The molecule has 0 radical (unpaired) electrons. The average molecular weight is 230 g/mol. The zero-order chi connectivity index (χ0) is 11.7. The summed E-state index contributed by atoms with van der Waals surface area (Å²) in [7, 11) is -2.87. The van der Waals surface area contributed by atoms with Crippen molar-refractivity contribution in [2.24, 2.45) is 0 Å². The van der Waals surface area contributed by atoms with Crippen LogP contribution in [0.3, 0.4) is 0 Å². The van der Waals surface area contributed by atoms with Crippen molar-refractivity contribution >= 4 is 8.25 Å². The molecule has 15 heavy (non-hydrogen) atoms. The molecular formula is C10H17NO3P+. The lowest BCUT2D eigenvalue weighted by Crippen LogP contribution is -2.21. The Bertz CT molecular complexity index is 273. The van der Waals surface area contributed by atoms with Gasteiger partial charge >= 0.3 is 8.25 Å². The van der Waals surface area contributed by atoms with Crippen molar-refractivity contribution < 1.29 is 14.4 Å². The highest BCUT2D eigenvalue weighted by atomic mass is 31.1. The maximum atomic E-state index is 8.70. The molecule has 4 nitrogen and oxygen atoms in total. The summed E-state index contributed by atoms with van der Waals surface area (Å²) in [4.78, 5) is 14.2. The summed E-state index contributed by atoms with van der Waals surface area (Å²) in [6.07, 6.45) is 0. The molecule has 0 aliphatic heterocycles. The highest BCUT2D eigenvalue weighted by molar-refractivity contribution is 7.30. The van der Waals surface area contributed by atoms with Crippen molar-refractivity contribution in [3.05, 3.63) is 35.9 Å². The van der Waals surface area contributed by atoms with Crippen molar-refractivity contribution in [3.8, 4) is 0 Å². The molecule has 0 aliphatic rings. The van der Waals surface area contributed by atoms with Crippen LogP contribution in [0.4, 0.5) is 0 Å².